The number of carboxylic acids is 1. The van der Waals surface area contributed by atoms with Crippen molar-refractivity contribution in [2.75, 3.05) is 0 Å². The van der Waals surface area contributed by atoms with E-state index in [9.17, 15) is 22.8 Å². The lowest BCUT2D eigenvalue weighted by molar-refractivity contribution is -0.174. The number of nitrogens with zero attached hydrogens (tertiary/aromatic N) is 3. The van der Waals surface area contributed by atoms with Gasteiger partial charge in [-0.25, -0.2) is 9.48 Å². The van der Waals surface area contributed by atoms with Gasteiger partial charge >= 0.3 is 18.1 Å². The van der Waals surface area contributed by atoms with E-state index < -0.39 is 24.1 Å². The number of amides is 1. The summed E-state index contributed by atoms with van der Waals surface area (Å²) < 4.78 is 36.8. The minimum atomic E-state index is -4.96. The summed E-state index contributed by atoms with van der Waals surface area (Å²) in [5, 5.41) is 16.9. The summed E-state index contributed by atoms with van der Waals surface area (Å²) in [4.78, 5) is 21.1. The molecule has 1 aromatic rings. The molecule has 18 heavy (non-hydrogen) atoms. The molecule has 0 unspecified atom stereocenters. The maximum absolute atomic E-state index is 11.9. The van der Waals surface area contributed by atoms with E-state index in [-0.39, 0.29) is 12.2 Å². The smallest absolute Gasteiger partial charge is 0.471 e. The number of aromatic carboxylic acids is 1. The van der Waals surface area contributed by atoms with E-state index in [4.69, 9.17) is 5.11 Å². The third kappa shape index (κ3) is 3.71. The zero-order valence-corrected chi connectivity index (χ0v) is 9.10. The summed E-state index contributed by atoms with van der Waals surface area (Å²) in [5.74, 6) is -3.36. The van der Waals surface area contributed by atoms with Gasteiger partial charge in [0.05, 0.1) is 12.7 Å². The maximum atomic E-state index is 11.9. The van der Waals surface area contributed by atoms with Crippen LogP contribution in [-0.2, 0) is 11.3 Å². The molecule has 1 rings (SSSR count). The Bertz CT molecular complexity index is 457. The minimum absolute atomic E-state index is 0.123. The molecule has 100 valence electrons. The number of halogens is 3. The van der Waals surface area contributed by atoms with Crippen LogP contribution < -0.4 is 5.32 Å². The molecule has 0 radical (unpaired) electrons. The number of hydrogen-bond donors (Lipinski definition) is 2. The Morgan fingerprint density at radius 1 is 1.56 bits per heavy atom. The van der Waals surface area contributed by atoms with Crippen molar-refractivity contribution < 1.29 is 27.9 Å². The van der Waals surface area contributed by atoms with Crippen molar-refractivity contribution in [3.63, 3.8) is 0 Å². The number of carbonyl (C=O) groups is 2. The highest BCUT2D eigenvalue weighted by molar-refractivity contribution is 5.84. The summed E-state index contributed by atoms with van der Waals surface area (Å²) in [7, 11) is 0. The lowest BCUT2D eigenvalue weighted by Crippen LogP contribution is -2.43. The summed E-state index contributed by atoms with van der Waals surface area (Å²) in [6, 6.07) is -0.873. The van der Waals surface area contributed by atoms with E-state index in [2.05, 4.69) is 10.3 Å². The van der Waals surface area contributed by atoms with Gasteiger partial charge in [0.1, 0.15) is 0 Å². The van der Waals surface area contributed by atoms with Crippen LogP contribution in [0, 0.1) is 0 Å². The number of rotatable bonds is 4. The number of nitrogens with one attached hydrogen (secondary N) is 1. The highest BCUT2D eigenvalue weighted by Crippen LogP contribution is 2.14. The van der Waals surface area contributed by atoms with Crippen LogP contribution in [0.3, 0.4) is 0 Å². The van der Waals surface area contributed by atoms with Crippen molar-refractivity contribution in [2.45, 2.75) is 25.7 Å². The second-order valence-electron chi connectivity index (χ2n) is 3.50. The topological polar surface area (TPSA) is 97.1 Å². The molecular formula is C8H9F3N4O3. The van der Waals surface area contributed by atoms with Crippen molar-refractivity contribution in [1.29, 1.82) is 0 Å². The monoisotopic (exact) mass is 266 g/mol. The highest BCUT2D eigenvalue weighted by Gasteiger charge is 2.39. The summed E-state index contributed by atoms with van der Waals surface area (Å²) in [6.07, 6.45) is -3.90. The molecule has 1 aromatic heterocycles. The Kier molecular flexibility index (Phi) is 3.89. The van der Waals surface area contributed by atoms with E-state index in [0.29, 0.717) is 0 Å². The van der Waals surface area contributed by atoms with E-state index in [1.54, 1.807) is 5.32 Å². The Balaban J connectivity index is 2.57. The molecular weight excluding hydrogens is 257 g/mol. The number of carbonyl (C=O) groups excluding carboxylic acids is 1. The number of alkyl halides is 3. The Morgan fingerprint density at radius 2 is 2.17 bits per heavy atom. The summed E-state index contributed by atoms with van der Waals surface area (Å²) in [5.41, 5.74) is -0.329. The van der Waals surface area contributed by atoms with Gasteiger partial charge in [0.15, 0.2) is 5.69 Å². The fourth-order valence-electron chi connectivity index (χ4n) is 1.12. The van der Waals surface area contributed by atoms with Gasteiger partial charge in [-0.15, -0.1) is 5.10 Å². The first-order chi connectivity index (χ1) is 8.20. The third-order valence-electron chi connectivity index (χ3n) is 1.85. The standard InChI is InChI=1S/C8H9F3N4O3/c1-4(12-7(18)8(9,10)11)2-15-3-5(6(16)17)13-14-15/h3-4H,2H2,1H3,(H,12,18)(H,16,17)/t4-/m1/s1. The molecule has 0 spiro atoms. The van der Waals surface area contributed by atoms with Crippen LogP contribution in [0.2, 0.25) is 0 Å². The van der Waals surface area contributed by atoms with Gasteiger partial charge in [0.25, 0.3) is 0 Å². The first-order valence-corrected chi connectivity index (χ1v) is 4.71. The lowest BCUT2D eigenvalue weighted by atomic mass is 10.3. The first kappa shape index (κ1) is 13.9. The first-order valence-electron chi connectivity index (χ1n) is 4.71. The largest absolute Gasteiger partial charge is 0.476 e. The van der Waals surface area contributed by atoms with Gasteiger partial charge in [0, 0.05) is 6.04 Å². The van der Waals surface area contributed by atoms with Gasteiger partial charge < -0.3 is 10.4 Å². The molecule has 10 heteroatoms. The quantitative estimate of drug-likeness (QED) is 0.802. The molecule has 0 aromatic carbocycles. The van der Waals surface area contributed by atoms with Crippen molar-refractivity contribution in [3.8, 4) is 0 Å². The molecule has 0 bridgehead atoms. The normalized spacial score (nSPS) is 13.1. The molecule has 1 atom stereocenters. The summed E-state index contributed by atoms with van der Waals surface area (Å²) >= 11 is 0. The van der Waals surface area contributed by atoms with E-state index >= 15 is 0 Å². The van der Waals surface area contributed by atoms with Crippen molar-refractivity contribution >= 4 is 11.9 Å². The molecule has 2 N–H and O–H groups in total. The molecule has 0 aliphatic carbocycles. The fourth-order valence-corrected chi connectivity index (χ4v) is 1.12. The van der Waals surface area contributed by atoms with Crippen LogP contribution in [0.4, 0.5) is 13.2 Å². The number of carboxylic acid groups (broad SMARTS) is 1. The second kappa shape index (κ2) is 5.02. The van der Waals surface area contributed by atoms with Crippen LogP contribution in [0.25, 0.3) is 0 Å². The van der Waals surface area contributed by atoms with Crippen LogP contribution in [0.1, 0.15) is 17.4 Å². The summed E-state index contributed by atoms with van der Waals surface area (Å²) in [6.45, 7) is 1.20. The Hall–Kier alpha value is -2.13. The average molecular weight is 266 g/mol. The molecule has 7 nitrogen and oxygen atoms in total. The Morgan fingerprint density at radius 3 is 2.61 bits per heavy atom. The van der Waals surface area contributed by atoms with Gasteiger partial charge in [-0.3, -0.25) is 4.79 Å². The van der Waals surface area contributed by atoms with Crippen LogP contribution >= 0.6 is 0 Å². The lowest BCUT2D eigenvalue weighted by Gasteiger charge is -2.14. The van der Waals surface area contributed by atoms with Gasteiger partial charge in [-0.05, 0) is 6.92 Å². The third-order valence-corrected chi connectivity index (χ3v) is 1.85. The molecule has 0 aliphatic rings. The molecule has 1 amide bonds. The van der Waals surface area contributed by atoms with Crippen molar-refractivity contribution in [3.05, 3.63) is 11.9 Å². The molecule has 0 fully saturated rings. The zero-order chi connectivity index (χ0) is 13.9. The van der Waals surface area contributed by atoms with Gasteiger partial charge in [-0.1, -0.05) is 5.21 Å². The Labute approximate surface area is 98.6 Å². The predicted molar refractivity (Wildman–Crippen MR) is 50.6 cm³/mol. The minimum Gasteiger partial charge on any atom is -0.476 e. The SMILES string of the molecule is C[C@H](Cn1cc(C(=O)O)nn1)NC(=O)C(F)(F)F. The van der Waals surface area contributed by atoms with E-state index in [1.807, 2.05) is 0 Å². The number of aromatic nitrogens is 3. The van der Waals surface area contributed by atoms with Gasteiger partial charge in [0.2, 0.25) is 0 Å². The molecule has 0 aliphatic heterocycles. The molecule has 0 saturated carbocycles. The van der Waals surface area contributed by atoms with Crippen LogP contribution in [0.5, 0.6) is 0 Å². The van der Waals surface area contributed by atoms with E-state index in [1.165, 1.54) is 6.92 Å². The molecule has 1 heterocycles. The van der Waals surface area contributed by atoms with Crippen LogP contribution in [-0.4, -0.2) is 44.2 Å². The zero-order valence-electron chi connectivity index (χ0n) is 9.10. The molecule has 0 saturated heterocycles. The number of hydrogen-bond acceptors (Lipinski definition) is 4. The average Bonchev–Trinajstić information content (AvgIpc) is 2.64. The van der Waals surface area contributed by atoms with E-state index in [0.717, 1.165) is 10.9 Å². The highest BCUT2D eigenvalue weighted by atomic mass is 19.4. The maximum Gasteiger partial charge on any atom is 0.471 e. The second-order valence-corrected chi connectivity index (χ2v) is 3.50. The van der Waals surface area contributed by atoms with Crippen molar-refractivity contribution in [2.24, 2.45) is 0 Å². The van der Waals surface area contributed by atoms with Gasteiger partial charge in [-0.2, -0.15) is 13.2 Å². The fraction of sp³-hybridized carbons (Fsp3) is 0.500. The predicted octanol–water partition coefficient (Wildman–Crippen LogP) is 0.0433. The van der Waals surface area contributed by atoms with Crippen molar-refractivity contribution in [1.82, 2.24) is 20.3 Å². The van der Waals surface area contributed by atoms with Crippen LogP contribution in [0.15, 0.2) is 6.20 Å².